The van der Waals surface area contributed by atoms with Crippen molar-refractivity contribution in [2.75, 3.05) is 6.54 Å². The number of nitrogens with zero attached hydrogens (tertiary/aromatic N) is 1. The third-order valence-electron chi connectivity index (χ3n) is 4.55. The number of rotatable bonds is 5. The van der Waals surface area contributed by atoms with Gasteiger partial charge in [-0.15, -0.1) is 0 Å². The summed E-state index contributed by atoms with van der Waals surface area (Å²) >= 11 is 0. The molecule has 1 amide bonds. The molecule has 0 unspecified atom stereocenters. The zero-order valence-corrected chi connectivity index (χ0v) is 11.6. The summed E-state index contributed by atoms with van der Waals surface area (Å²) in [5.74, 6) is 1.01. The quantitative estimate of drug-likeness (QED) is 0.797. The average molecular weight is 238 g/mol. The maximum atomic E-state index is 12.7. The van der Waals surface area contributed by atoms with E-state index in [1.54, 1.807) is 0 Å². The van der Waals surface area contributed by atoms with Crippen LogP contribution in [0.15, 0.2) is 0 Å². The van der Waals surface area contributed by atoms with Crippen molar-refractivity contribution in [3.63, 3.8) is 0 Å². The molecule has 0 atom stereocenters. The Bertz CT molecular complexity index is 309. The zero-order valence-electron chi connectivity index (χ0n) is 11.6. The normalized spacial score (nSPS) is 21.5. The minimum Gasteiger partial charge on any atom is -0.339 e. The van der Waals surface area contributed by atoms with Crippen molar-refractivity contribution in [3.8, 4) is 0 Å². The van der Waals surface area contributed by atoms with Crippen LogP contribution in [0.5, 0.6) is 0 Å². The molecule has 0 aromatic carbocycles. The molecule has 0 aromatic rings. The predicted octanol–water partition coefficient (Wildman–Crippen LogP) is 2.15. The maximum absolute atomic E-state index is 12.7. The van der Waals surface area contributed by atoms with Gasteiger partial charge in [0, 0.05) is 18.1 Å². The molecular weight excluding hydrogens is 212 g/mol. The number of hydrogen-bond donors (Lipinski definition) is 1. The summed E-state index contributed by atoms with van der Waals surface area (Å²) in [5, 5.41) is 0. The molecule has 0 aliphatic heterocycles. The van der Waals surface area contributed by atoms with Crippen LogP contribution in [0.4, 0.5) is 0 Å². The van der Waals surface area contributed by atoms with Crippen molar-refractivity contribution in [3.05, 3.63) is 0 Å². The molecule has 98 valence electrons. The molecule has 2 aliphatic rings. The first-order chi connectivity index (χ1) is 7.73. The van der Waals surface area contributed by atoms with Gasteiger partial charge in [0.2, 0.25) is 5.91 Å². The van der Waals surface area contributed by atoms with Gasteiger partial charge in [0.15, 0.2) is 0 Å². The molecule has 0 aromatic heterocycles. The van der Waals surface area contributed by atoms with Gasteiger partial charge >= 0.3 is 0 Å². The van der Waals surface area contributed by atoms with Crippen molar-refractivity contribution in [2.24, 2.45) is 17.1 Å². The van der Waals surface area contributed by atoms with Crippen molar-refractivity contribution >= 4 is 5.91 Å². The van der Waals surface area contributed by atoms with E-state index in [4.69, 9.17) is 5.73 Å². The second-order valence-electron chi connectivity index (χ2n) is 6.98. The molecule has 2 N–H and O–H groups in total. The minimum absolute atomic E-state index is 0.249. The molecule has 3 nitrogen and oxygen atoms in total. The fraction of sp³-hybridized carbons (Fsp3) is 0.929. The van der Waals surface area contributed by atoms with E-state index in [1.807, 2.05) is 27.7 Å². The first-order valence-corrected chi connectivity index (χ1v) is 6.83. The fourth-order valence-corrected chi connectivity index (χ4v) is 2.00. The van der Waals surface area contributed by atoms with Gasteiger partial charge in [-0.2, -0.15) is 0 Å². The first-order valence-electron chi connectivity index (χ1n) is 6.83. The van der Waals surface area contributed by atoms with E-state index < -0.39 is 11.0 Å². The SMILES string of the molecule is CC(C)(N)C(C)(C)C(=O)N(CC1CC1)C1CC1. The Kier molecular flexibility index (Phi) is 3.01. The molecule has 0 spiro atoms. The number of carbonyl (C=O) groups excluding carboxylic acids is 1. The van der Waals surface area contributed by atoms with Crippen molar-refractivity contribution in [1.82, 2.24) is 4.90 Å². The second-order valence-corrected chi connectivity index (χ2v) is 6.98. The van der Waals surface area contributed by atoms with Gasteiger partial charge in [0.05, 0.1) is 5.41 Å². The molecule has 2 rings (SSSR count). The highest BCUT2D eigenvalue weighted by Gasteiger charge is 2.47. The molecular formula is C14H26N2O. The molecule has 3 heteroatoms. The highest BCUT2D eigenvalue weighted by Crippen LogP contribution is 2.39. The highest BCUT2D eigenvalue weighted by molar-refractivity contribution is 5.84. The lowest BCUT2D eigenvalue weighted by Crippen LogP contribution is -2.57. The van der Waals surface area contributed by atoms with E-state index in [0.717, 1.165) is 12.5 Å². The van der Waals surface area contributed by atoms with Gasteiger partial charge in [0.1, 0.15) is 0 Å². The topological polar surface area (TPSA) is 46.3 Å². The van der Waals surface area contributed by atoms with Crippen molar-refractivity contribution < 1.29 is 4.79 Å². The van der Waals surface area contributed by atoms with Crippen molar-refractivity contribution in [1.29, 1.82) is 0 Å². The molecule has 17 heavy (non-hydrogen) atoms. The number of hydrogen-bond acceptors (Lipinski definition) is 2. The molecule has 0 heterocycles. The summed E-state index contributed by atoms with van der Waals surface area (Å²) in [6, 6.07) is 0.504. The van der Waals surface area contributed by atoms with E-state index in [-0.39, 0.29) is 5.91 Å². The third-order valence-corrected chi connectivity index (χ3v) is 4.55. The van der Waals surface area contributed by atoms with Gasteiger partial charge in [-0.05, 0) is 59.3 Å². The zero-order chi connectivity index (χ0) is 12.8. The van der Waals surface area contributed by atoms with Gasteiger partial charge in [0.25, 0.3) is 0 Å². The van der Waals surface area contributed by atoms with Gasteiger partial charge in [-0.3, -0.25) is 4.79 Å². The van der Waals surface area contributed by atoms with E-state index in [2.05, 4.69) is 4.90 Å². The van der Waals surface area contributed by atoms with Crippen LogP contribution in [0.25, 0.3) is 0 Å². The lowest BCUT2D eigenvalue weighted by Gasteiger charge is -2.41. The van der Waals surface area contributed by atoms with Gasteiger partial charge in [-0.25, -0.2) is 0 Å². The van der Waals surface area contributed by atoms with Crippen molar-refractivity contribution in [2.45, 2.75) is 65.0 Å². The summed E-state index contributed by atoms with van der Waals surface area (Å²) < 4.78 is 0. The van der Waals surface area contributed by atoms with Crippen LogP contribution in [0.3, 0.4) is 0 Å². The number of carbonyl (C=O) groups is 1. The lowest BCUT2D eigenvalue weighted by atomic mass is 9.74. The summed E-state index contributed by atoms with van der Waals surface area (Å²) in [5.41, 5.74) is 5.22. The summed E-state index contributed by atoms with van der Waals surface area (Å²) in [4.78, 5) is 14.8. The molecule has 0 saturated heterocycles. The number of amides is 1. The molecule has 0 bridgehead atoms. The Hall–Kier alpha value is -0.570. The molecule has 2 aliphatic carbocycles. The van der Waals surface area contributed by atoms with Crippen LogP contribution < -0.4 is 5.73 Å². The first kappa shape index (κ1) is 12.9. The Labute approximate surface area is 105 Å². The van der Waals surface area contributed by atoms with Crippen LogP contribution in [0.1, 0.15) is 53.4 Å². The Morgan fingerprint density at radius 2 is 1.71 bits per heavy atom. The van der Waals surface area contributed by atoms with E-state index in [1.165, 1.54) is 25.7 Å². The minimum atomic E-state index is -0.482. The fourth-order valence-electron chi connectivity index (χ4n) is 2.00. The number of nitrogens with two attached hydrogens (primary N) is 1. The Morgan fingerprint density at radius 3 is 2.06 bits per heavy atom. The van der Waals surface area contributed by atoms with Crippen LogP contribution in [-0.2, 0) is 4.79 Å². The van der Waals surface area contributed by atoms with Crippen LogP contribution in [0.2, 0.25) is 0 Å². The molecule has 2 fully saturated rings. The summed E-state index contributed by atoms with van der Waals surface area (Å²) in [7, 11) is 0. The lowest BCUT2D eigenvalue weighted by molar-refractivity contribution is -0.144. The Balaban J connectivity index is 2.09. The monoisotopic (exact) mass is 238 g/mol. The maximum Gasteiger partial charge on any atom is 0.230 e. The van der Waals surface area contributed by atoms with Gasteiger partial charge < -0.3 is 10.6 Å². The molecule has 0 radical (unpaired) electrons. The third kappa shape index (κ3) is 2.65. The second kappa shape index (κ2) is 3.98. The standard InChI is InChI=1S/C14H26N2O/c1-13(2,14(3,4)15)12(17)16(11-7-8-11)9-10-5-6-10/h10-11H,5-9,15H2,1-4H3. The van der Waals surface area contributed by atoms with Crippen LogP contribution >= 0.6 is 0 Å². The summed E-state index contributed by atoms with van der Waals surface area (Å²) in [6.07, 6.45) is 4.95. The van der Waals surface area contributed by atoms with E-state index >= 15 is 0 Å². The summed E-state index contributed by atoms with van der Waals surface area (Å²) in [6.45, 7) is 8.83. The van der Waals surface area contributed by atoms with E-state index in [0.29, 0.717) is 6.04 Å². The predicted molar refractivity (Wildman–Crippen MR) is 69.5 cm³/mol. The highest BCUT2D eigenvalue weighted by atomic mass is 16.2. The largest absolute Gasteiger partial charge is 0.339 e. The average Bonchev–Trinajstić information content (AvgIpc) is 3.02. The van der Waals surface area contributed by atoms with Crippen LogP contribution in [0, 0.1) is 11.3 Å². The van der Waals surface area contributed by atoms with E-state index in [9.17, 15) is 4.79 Å². The Morgan fingerprint density at radius 1 is 1.18 bits per heavy atom. The smallest absolute Gasteiger partial charge is 0.230 e. The van der Waals surface area contributed by atoms with Crippen LogP contribution in [-0.4, -0.2) is 28.9 Å². The van der Waals surface area contributed by atoms with Gasteiger partial charge in [-0.1, -0.05) is 0 Å². The molecule has 2 saturated carbocycles.